The highest BCUT2D eigenvalue weighted by Gasteiger charge is 2.74. The van der Waals surface area contributed by atoms with Crippen LogP contribution in [0.5, 0.6) is 0 Å². The zero-order valence-electron chi connectivity index (χ0n) is 17.0. The molecule has 1 aliphatic heterocycles. The molecule has 0 aromatic carbocycles. The van der Waals surface area contributed by atoms with Crippen molar-refractivity contribution < 1.29 is 29.0 Å². The first-order valence-electron chi connectivity index (χ1n) is 10.3. The molecule has 1 heterocycles. The normalized spacial score (nSPS) is 44.2. The number of aliphatic hydroxyl groups excluding tert-OH is 1. The van der Waals surface area contributed by atoms with Crippen molar-refractivity contribution in [2.45, 2.75) is 59.0 Å². The number of hydrogen-bond acceptors (Lipinski definition) is 6. The summed E-state index contributed by atoms with van der Waals surface area (Å²) in [5, 5.41) is 10.5. The maximum atomic E-state index is 13.3. The second kappa shape index (κ2) is 6.15. The topological polar surface area (TPSA) is 89.9 Å². The van der Waals surface area contributed by atoms with Crippen LogP contribution in [0.15, 0.2) is 12.2 Å². The number of esters is 2. The molecule has 0 aromatic heterocycles. The number of carbonyl (C=O) groups excluding carboxylic acids is 3. The maximum absolute atomic E-state index is 13.3. The van der Waals surface area contributed by atoms with Crippen molar-refractivity contribution in [1.82, 2.24) is 0 Å². The van der Waals surface area contributed by atoms with Crippen molar-refractivity contribution in [1.29, 1.82) is 0 Å². The average Bonchev–Trinajstić information content (AvgIpc) is 2.82. The fourth-order valence-electron chi connectivity index (χ4n) is 7.08. The van der Waals surface area contributed by atoms with E-state index in [0.29, 0.717) is 24.8 Å². The third-order valence-corrected chi connectivity index (χ3v) is 8.36. The summed E-state index contributed by atoms with van der Waals surface area (Å²) >= 11 is 0. The van der Waals surface area contributed by atoms with E-state index in [4.69, 9.17) is 9.47 Å². The van der Waals surface area contributed by atoms with Crippen LogP contribution in [0, 0.1) is 34.0 Å². The second-order valence-corrected chi connectivity index (χ2v) is 9.91. The highest BCUT2D eigenvalue weighted by atomic mass is 16.6. The number of carbonyl (C=O) groups is 3. The monoisotopic (exact) mass is 390 g/mol. The predicted octanol–water partition coefficient (Wildman–Crippen LogP) is 2.43. The average molecular weight is 390 g/mol. The summed E-state index contributed by atoms with van der Waals surface area (Å²) < 4.78 is 11.5. The number of Topliss-reactive ketones (excluding diaryl/α,β-unsaturated/α-hetero) is 1. The van der Waals surface area contributed by atoms with E-state index in [1.165, 1.54) is 6.92 Å². The largest absolute Gasteiger partial charge is 0.464 e. The third-order valence-electron chi connectivity index (χ3n) is 8.36. The second-order valence-electron chi connectivity index (χ2n) is 9.91. The van der Waals surface area contributed by atoms with Gasteiger partial charge in [0.25, 0.3) is 0 Å². The Balaban J connectivity index is 1.90. The van der Waals surface area contributed by atoms with Gasteiger partial charge in [-0.3, -0.25) is 14.4 Å². The van der Waals surface area contributed by atoms with E-state index in [1.807, 2.05) is 0 Å². The highest BCUT2D eigenvalue weighted by molar-refractivity contribution is 6.15. The van der Waals surface area contributed by atoms with Crippen molar-refractivity contribution in [3.05, 3.63) is 12.2 Å². The molecule has 1 saturated heterocycles. The van der Waals surface area contributed by atoms with Crippen molar-refractivity contribution in [2.24, 2.45) is 34.0 Å². The molecule has 3 saturated carbocycles. The van der Waals surface area contributed by atoms with Gasteiger partial charge in [-0.1, -0.05) is 20.4 Å². The molecule has 0 radical (unpaired) electrons. The molecule has 0 amide bonds. The van der Waals surface area contributed by atoms with Crippen molar-refractivity contribution in [3.63, 3.8) is 0 Å². The quantitative estimate of drug-likeness (QED) is 0.442. The summed E-state index contributed by atoms with van der Waals surface area (Å²) in [7, 11) is 0. The lowest BCUT2D eigenvalue weighted by atomic mass is 9.44. The number of hydrogen-bond donors (Lipinski definition) is 1. The minimum atomic E-state index is -1.24. The first-order chi connectivity index (χ1) is 13.1. The Labute approximate surface area is 165 Å². The summed E-state index contributed by atoms with van der Waals surface area (Å²) in [4.78, 5) is 38.2. The number of aliphatic hydroxyl groups is 1. The molecule has 4 fully saturated rings. The van der Waals surface area contributed by atoms with Gasteiger partial charge in [-0.05, 0) is 60.8 Å². The van der Waals surface area contributed by atoms with Gasteiger partial charge in [0.1, 0.15) is 18.1 Å². The van der Waals surface area contributed by atoms with Crippen LogP contribution >= 0.6 is 0 Å². The number of allylic oxidation sites excluding steroid dienone is 1. The molecule has 6 atom stereocenters. The van der Waals surface area contributed by atoms with Crippen LogP contribution in [0.25, 0.3) is 0 Å². The molecule has 6 heteroatoms. The standard InChI is InChI=1S/C22H30O6/c1-12-14-5-6-15-21(9-14,18(12)25)19(26)27-11-22(15)16(10-23)20(3,4)8-7-17(22)28-13(2)24/h14-17,23H,1,5-11H2,2-4H3/t14-,15-,16-,17+,21+,22-/m1/s1. The van der Waals surface area contributed by atoms with Crippen molar-refractivity contribution in [3.8, 4) is 0 Å². The van der Waals surface area contributed by atoms with Gasteiger partial charge in [0.2, 0.25) is 0 Å². The zero-order chi connectivity index (χ0) is 20.5. The summed E-state index contributed by atoms with van der Waals surface area (Å²) in [5.74, 6) is -1.59. The number of rotatable bonds is 2. The molecule has 154 valence electrons. The Hall–Kier alpha value is -1.69. The maximum Gasteiger partial charge on any atom is 0.320 e. The van der Waals surface area contributed by atoms with Crippen molar-refractivity contribution in [2.75, 3.05) is 13.2 Å². The van der Waals surface area contributed by atoms with E-state index < -0.39 is 22.9 Å². The molecule has 2 bridgehead atoms. The van der Waals surface area contributed by atoms with E-state index in [0.717, 1.165) is 12.8 Å². The predicted molar refractivity (Wildman–Crippen MR) is 99.9 cm³/mol. The Morgan fingerprint density at radius 3 is 2.64 bits per heavy atom. The van der Waals surface area contributed by atoms with Crippen molar-refractivity contribution >= 4 is 17.7 Å². The number of ketones is 1. The van der Waals surface area contributed by atoms with Crippen LogP contribution in [0.2, 0.25) is 0 Å². The van der Waals surface area contributed by atoms with Gasteiger partial charge in [0.15, 0.2) is 5.78 Å². The molecule has 2 spiro atoms. The minimum Gasteiger partial charge on any atom is -0.464 e. The smallest absolute Gasteiger partial charge is 0.320 e. The van der Waals surface area contributed by atoms with E-state index >= 15 is 0 Å². The van der Waals surface area contributed by atoms with Gasteiger partial charge in [0, 0.05) is 13.5 Å². The van der Waals surface area contributed by atoms with Gasteiger partial charge in [0.05, 0.1) is 5.41 Å². The molecular weight excluding hydrogens is 360 g/mol. The van der Waals surface area contributed by atoms with Crippen LogP contribution in [-0.4, -0.2) is 42.1 Å². The molecule has 28 heavy (non-hydrogen) atoms. The number of fused-ring (bicyclic) bond motifs is 2. The molecule has 0 aromatic rings. The first kappa shape index (κ1) is 19.6. The highest BCUT2D eigenvalue weighted by Crippen LogP contribution is 2.68. The SMILES string of the molecule is C=C1C(=O)[C@]23C[C@H]1CC[C@H]2[C@@]1(COC3=O)[C@@H](OC(C)=O)CCC(C)(C)[C@H]1CO. The Bertz CT molecular complexity index is 754. The van der Waals surface area contributed by atoms with Gasteiger partial charge in [-0.25, -0.2) is 0 Å². The van der Waals surface area contributed by atoms with Crippen LogP contribution in [0.3, 0.4) is 0 Å². The summed E-state index contributed by atoms with van der Waals surface area (Å²) in [6.45, 7) is 9.53. The van der Waals surface area contributed by atoms with E-state index in [2.05, 4.69) is 20.4 Å². The zero-order valence-corrected chi connectivity index (χ0v) is 17.0. The lowest BCUT2D eigenvalue weighted by molar-refractivity contribution is -0.247. The molecule has 3 aliphatic carbocycles. The fraction of sp³-hybridized carbons (Fsp3) is 0.773. The van der Waals surface area contributed by atoms with Gasteiger partial charge in [-0.2, -0.15) is 0 Å². The summed E-state index contributed by atoms with van der Waals surface area (Å²) in [6, 6.07) is 0. The van der Waals surface area contributed by atoms with Crippen LogP contribution in [0.4, 0.5) is 0 Å². The summed E-state index contributed by atoms with van der Waals surface area (Å²) in [6.07, 6.45) is 2.83. The van der Waals surface area contributed by atoms with E-state index in [9.17, 15) is 19.5 Å². The Morgan fingerprint density at radius 2 is 2.00 bits per heavy atom. The molecule has 1 N–H and O–H groups in total. The Kier molecular flexibility index (Phi) is 4.31. The van der Waals surface area contributed by atoms with E-state index in [-0.39, 0.29) is 48.1 Å². The lowest BCUT2D eigenvalue weighted by Crippen LogP contribution is -2.68. The van der Waals surface area contributed by atoms with E-state index in [1.54, 1.807) is 0 Å². The number of ether oxygens (including phenoxy) is 2. The van der Waals surface area contributed by atoms with Crippen LogP contribution < -0.4 is 0 Å². The molecule has 6 nitrogen and oxygen atoms in total. The lowest BCUT2D eigenvalue weighted by Gasteiger charge is -2.62. The van der Waals surface area contributed by atoms with Gasteiger partial charge < -0.3 is 14.6 Å². The van der Waals surface area contributed by atoms with Crippen LogP contribution in [0.1, 0.15) is 52.9 Å². The minimum absolute atomic E-state index is 0.0165. The Morgan fingerprint density at radius 1 is 1.29 bits per heavy atom. The molecule has 0 unspecified atom stereocenters. The van der Waals surface area contributed by atoms with Gasteiger partial charge >= 0.3 is 11.9 Å². The van der Waals surface area contributed by atoms with Gasteiger partial charge in [-0.15, -0.1) is 0 Å². The first-order valence-corrected chi connectivity index (χ1v) is 10.3. The van der Waals surface area contributed by atoms with Crippen LogP contribution in [-0.2, 0) is 23.9 Å². The fourth-order valence-corrected chi connectivity index (χ4v) is 7.08. The summed E-state index contributed by atoms with van der Waals surface area (Å²) in [5.41, 5.74) is -1.71. The third kappa shape index (κ3) is 2.27. The molecular formula is C22H30O6. The molecule has 4 aliphatic rings. The molecule has 4 rings (SSSR count). The number of cyclic esters (lactones) is 1.